The molecule has 5 nitrogen and oxygen atoms in total. The Hall–Kier alpha value is -2.70. The van der Waals surface area contributed by atoms with Crippen LogP contribution in [0.15, 0.2) is 54.9 Å². The van der Waals surface area contributed by atoms with Crippen LogP contribution in [0.25, 0.3) is 0 Å². The number of hydrogen-bond donors (Lipinski definition) is 2. The van der Waals surface area contributed by atoms with E-state index in [0.717, 1.165) is 5.56 Å². The lowest BCUT2D eigenvalue weighted by molar-refractivity contribution is 0.0950. The number of aromatic nitrogens is 2. The molecule has 0 saturated carbocycles. The fraction of sp³-hybridized carbons (Fsp3) is 0.0556. The molecule has 0 fully saturated rings. The molecule has 0 atom stereocenters. The van der Waals surface area contributed by atoms with Crippen LogP contribution in [0.3, 0.4) is 0 Å². The molecule has 1 aromatic heterocycles. The average Bonchev–Trinajstić information content (AvgIpc) is 2.65. The van der Waals surface area contributed by atoms with E-state index in [1.165, 1.54) is 24.5 Å². The predicted molar refractivity (Wildman–Crippen MR) is 99.3 cm³/mol. The summed E-state index contributed by atoms with van der Waals surface area (Å²) >= 11 is 11.8. The SMILES string of the molecule is O=C(NCc1ccc(F)cc1)c1cnc(Nc2ccc(Cl)c(Cl)c2)nc1. The third kappa shape index (κ3) is 4.68. The summed E-state index contributed by atoms with van der Waals surface area (Å²) in [6.45, 7) is 0.280. The molecule has 3 rings (SSSR count). The monoisotopic (exact) mass is 390 g/mol. The smallest absolute Gasteiger partial charge is 0.254 e. The second-order valence-electron chi connectivity index (χ2n) is 5.36. The van der Waals surface area contributed by atoms with Gasteiger partial charge in [0.25, 0.3) is 5.91 Å². The number of anilines is 2. The third-order valence-corrected chi connectivity index (χ3v) is 4.20. The molecule has 0 radical (unpaired) electrons. The van der Waals surface area contributed by atoms with E-state index >= 15 is 0 Å². The van der Waals surface area contributed by atoms with Crippen LogP contribution in [0.1, 0.15) is 15.9 Å². The summed E-state index contributed by atoms with van der Waals surface area (Å²) < 4.78 is 12.9. The van der Waals surface area contributed by atoms with Gasteiger partial charge in [-0.15, -0.1) is 0 Å². The molecule has 0 saturated heterocycles. The summed E-state index contributed by atoms with van der Waals surface area (Å²) in [4.78, 5) is 20.3. The first-order chi connectivity index (χ1) is 12.5. The van der Waals surface area contributed by atoms with Crippen molar-refractivity contribution in [2.24, 2.45) is 0 Å². The molecule has 0 unspecified atom stereocenters. The van der Waals surface area contributed by atoms with Crippen molar-refractivity contribution in [1.29, 1.82) is 0 Å². The van der Waals surface area contributed by atoms with E-state index in [9.17, 15) is 9.18 Å². The Morgan fingerprint density at radius 3 is 2.35 bits per heavy atom. The highest BCUT2D eigenvalue weighted by Crippen LogP contribution is 2.26. The van der Waals surface area contributed by atoms with E-state index in [4.69, 9.17) is 23.2 Å². The van der Waals surface area contributed by atoms with Crippen LogP contribution in [0, 0.1) is 5.82 Å². The first kappa shape index (κ1) is 18.1. The van der Waals surface area contributed by atoms with Gasteiger partial charge in [-0.25, -0.2) is 14.4 Å². The summed E-state index contributed by atoms with van der Waals surface area (Å²) in [5, 5.41) is 6.55. The molecule has 1 amide bonds. The number of nitrogens with one attached hydrogen (secondary N) is 2. The van der Waals surface area contributed by atoms with E-state index in [1.54, 1.807) is 30.3 Å². The normalized spacial score (nSPS) is 10.4. The molecule has 2 aromatic carbocycles. The summed E-state index contributed by atoms with van der Waals surface area (Å²) in [5.74, 6) is -0.326. The molecule has 0 spiro atoms. The molecular formula is C18H13Cl2FN4O. The Balaban J connectivity index is 1.60. The first-order valence-electron chi connectivity index (χ1n) is 7.58. The Kier molecular flexibility index (Phi) is 5.65. The standard InChI is InChI=1S/C18H13Cl2FN4O/c19-15-6-5-14(7-16(15)20)25-18-23-9-12(10-24-18)17(26)22-8-11-1-3-13(21)4-2-11/h1-7,9-10H,8H2,(H,22,26)(H,23,24,25). The largest absolute Gasteiger partial charge is 0.348 e. The molecule has 0 aliphatic heterocycles. The third-order valence-electron chi connectivity index (χ3n) is 3.46. The summed E-state index contributed by atoms with van der Waals surface area (Å²) in [6.07, 6.45) is 2.82. The Labute approximate surface area is 159 Å². The van der Waals surface area contributed by atoms with Crippen LogP contribution in [-0.2, 0) is 6.54 Å². The van der Waals surface area contributed by atoms with E-state index in [-0.39, 0.29) is 18.3 Å². The number of halogens is 3. The second-order valence-corrected chi connectivity index (χ2v) is 6.17. The minimum absolute atomic E-state index is 0.280. The molecule has 2 N–H and O–H groups in total. The summed E-state index contributed by atoms with van der Waals surface area (Å²) in [7, 11) is 0. The summed E-state index contributed by atoms with van der Waals surface area (Å²) in [5.41, 5.74) is 1.78. The highest BCUT2D eigenvalue weighted by Gasteiger charge is 2.08. The number of hydrogen-bond acceptors (Lipinski definition) is 4. The number of rotatable bonds is 5. The van der Waals surface area contributed by atoms with E-state index in [0.29, 0.717) is 27.2 Å². The van der Waals surface area contributed by atoms with Crippen molar-refractivity contribution in [2.75, 3.05) is 5.32 Å². The van der Waals surface area contributed by atoms with Gasteiger partial charge in [-0.2, -0.15) is 0 Å². The van der Waals surface area contributed by atoms with Gasteiger partial charge in [-0.1, -0.05) is 35.3 Å². The van der Waals surface area contributed by atoms with Crippen LogP contribution in [0.4, 0.5) is 16.0 Å². The van der Waals surface area contributed by atoms with E-state index in [2.05, 4.69) is 20.6 Å². The highest BCUT2D eigenvalue weighted by atomic mass is 35.5. The molecular weight excluding hydrogens is 378 g/mol. The van der Waals surface area contributed by atoms with Crippen LogP contribution >= 0.6 is 23.2 Å². The highest BCUT2D eigenvalue weighted by molar-refractivity contribution is 6.42. The molecule has 8 heteroatoms. The van der Waals surface area contributed by atoms with Crippen LogP contribution in [-0.4, -0.2) is 15.9 Å². The number of carbonyl (C=O) groups excluding carboxylic acids is 1. The zero-order chi connectivity index (χ0) is 18.5. The molecule has 26 heavy (non-hydrogen) atoms. The van der Waals surface area contributed by atoms with Gasteiger partial charge in [0.2, 0.25) is 5.95 Å². The predicted octanol–water partition coefficient (Wildman–Crippen LogP) is 4.60. The van der Waals surface area contributed by atoms with Gasteiger partial charge in [-0.05, 0) is 35.9 Å². The van der Waals surface area contributed by atoms with Crippen LogP contribution in [0.5, 0.6) is 0 Å². The maximum absolute atomic E-state index is 12.9. The maximum Gasteiger partial charge on any atom is 0.254 e. The first-order valence-corrected chi connectivity index (χ1v) is 8.33. The minimum atomic E-state index is -0.324. The van der Waals surface area contributed by atoms with Gasteiger partial charge in [0.05, 0.1) is 15.6 Å². The van der Waals surface area contributed by atoms with Crippen molar-refractivity contribution in [1.82, 2.24) is 15.3 Å². The molecule has 3 aromatic rings. The minimum Gasteiger partial charge on any atom is -0.348 e. The lowest BCUT2D eigenvalue weighted by Gasteiger charge is -2.07. The van der Waals surface area contributed by atoms with Gasteiger partial charge in [0, 0.05) is 24.6 Å². The van der Waals surface area contributed by atoms with Crippen molar-refractivity contribution in [3.8, 4) is 0 Å². The fourth-order valence-corrected chi connectivity index (χ4v) is 2.40. The van der Waals surface area contributed by atoms with Gasteiger partial charge < -0.3 is 10.6 Å². The molecule has 1 heterocycles. The molecule has 0 aliphatic rings. The van der Waals surface area contributed by atoms with Gasteiger partial charge in [0.1, 0.15) is 5.82 Å². The Morgan fingerprint density at radius 1 is 1.00 bits per heavy atom. The zero-order valence-corrected chi connectivity index (χ0v) is 14.9. The van der Waals surface area contributed by atoms with E-state index in [1.807, 2.05) is 0 Å². The lowest BCUT2D eigenvalue weighted by Crippen LogP contribution is -2.23. The zero-order valence-electron chi connectivity index (χ0n) is 13.3. The maximum atomic E-state index is 12.9. The number of nitrogens with zero attached hydrogens (tertiary/aromatic N) is 2. The van der Waals surface area contributed by atoms with Crippen LogP contribution in [0.2, 0.25) is 10.0 Å². The van der Waals surface area contributed by atoms with Crippen molar-refractivity contribution >= 4 is 40.7 Å². The fourth-order valence-electron chi connectivity index (χ4n) is 2.10. The second kappa shape index (κ2) is 8.12. The van der Waals surface area contributed by atoms with Crippen molar-refractivity contribution < 1.29 is 9.18 Å². The van der Waals surface area contributed by atoms with E-state index < -0.39 is 0 Å². The van der Waals surface area contributed by atoms with Crippen LogP contribution < -0.4 is 10.6 Å². The average molecular weight is 391 g/mol. The Morgan fingerprint density at radius 2 is 1.69 bits per heavy atom. The van der Waals surface area contributed by atoms with Crippen molar-refractivity contribution in [2.45, 2.75) is 6.54 Å². The van der Waals surface area contributed by atoms with Gasteiger partial charge in [-0.3, -0.25) is 4.79 Å². The summed E-state index contributed by atoms with van der Waals surface area (Å²) in [6, 6.07) is 10.9. The number of carbonyl (C=O) groups is 1. The number of benzene rings is 2. The van der Waals surface area contributed by atoms with Crippen molar-refractivity contribution in [3.05, 3.63) is 81.8 Å². The lowest BCUT2D eigenvalue weighted by atomic mass is 10.2. The van der Waals surface area contributed by atoms with Gasteiger partial charge in [0.15, 0.2) is 0 Å². The topological polar surface area (TPSA) is 66.9 Å². The number of amides is 1. The van der Waals surface area contributed by atoms with Gasteiger partial charge >= 0.3 is 0 Å². The Bertz CT molecular complexity index is 917. The molecule has 0 bridgehead atoms. The quantitative estimate of drug-likeness (QED) is 0.668. The molecule has 0 aliphatic carbocycles. The molecule has 132 valence electrons. The van der Waals surface area contributed by atoms with Crippen molar-refractivity contribution in [3.63, 3.8) is 0 Å².